The van der Waals surface area contributed by atoms with Crippen LogP contribution in [0.15, 0.2) is 18.2 Å². The van der Waals surface area contributed by atoms with Crippen molar-refractivity contribution in [2.75, 3.05) is 12.4 Å². The number of nitrogens with one attached hydrogen (secondary N) is 1. The quantitative estimate of drug-likeness (QED) is 0.795. The number of benzene rings is 1. The second-order valence-electron chi connectivity index (χ2n) is 3.41. The molecule has 1 aromatic rings. The van der Waals surface area contributed by atoms with E-state index in [1.807, 2.05) is 0 Å². The van der Waals surface area contributed by atoms with Crippen molar-refractivity contribution in [2.24, 2.45) is 0 Å². The molecule has 3 nitrogen and oxygen atoms in total. The van der Waals surface area contributed by atoms with Crippen LogP contribution in [-0.2, 0) is 17.1 Å². The third-order valence-electron chi connectivity index (χ3n) is 2.02. The fourth-order valence-electron chi connectivity index (χ4n) is 1.20. The van der Waals surface area contributed by atoms with Crippen molar-refractivity contribution in [1.29, 1.82) is 0 Å². The van der Waals surface area contributed by atoms with Crippen LogP contribution in [0.25, 0.3) is 0 Å². The summed E-state index contributed by atoms with van der Waals surface area (Å²) in [6.45, 7) is 0. The molecule has 1 aromatic carbocycles. The number of anilines is 1. The number of halogens is 6. The summed E-state index contributed by atoms with van der Waals surface area (Å²) in [7, 11) is 0.924. The molecule has 0 saturated carbocycles. The summed E-state index contributed by atoms with van der Waals surface area (Å²) < 4.78 is 78.8. The van der Waals surface area contributed by atoms with Gasteiger partial charge >= 0.3 is 18.4 Å². The number of rotatable bonds is 1. The van der Waals surface area contributed by atoms with Crippen molar-refractivity contribution in [1.82, 2.24) is 0 Å². The van der Waals surface area contributed by atoms with Crippen molar-refractivity contribution >= 4 is 11.8 Å². The van der Waals surface area contributed by atoms with E-state index < -0.39 is 35.3 Å². The summed E-state index contributed by atoms with van der Waals surface area (Å²) in [6, 6.07) is 0.723. The van der Waals surface area contributed by atoms with Crippen LogP contribution >= 0.6 is 0 Å². The van der Waals surface area contributed by atoms with Gasteiger partial charge in [-0.1, -0.05) is 0 Å². The number of hydrogen-bond donors (Lipinski definition) is 1. The Morgan fingerprint density at radius 2 is 1.42 bits per heavy atom. The molecule has 0 aliphatic rings. The minimum absolute atomic E-state index is 0.0392. The van der Waals surface area contributed by atoms with Gasteiger partial charge in [-0.25, -0.2) is 4.79 Å². The SMILES string of the molecule is COC(=O)Nc1cc(C(F)(F)F)cc(C(F)(F)F)c1. The van der Waals surface area contributed by atoms with Gasteiger partial charge in [0.1, 0.15) is 0 Å². The molecule has 9 heteroatoms. The molecule has 0 spiro atoms. The molecule has 0 atom stereocenters. The lowest BCUT2D eigenvalue weighted by Crippen LogP contribution is -2.15. The monoisotopic (exact) mass is 287 g/mol. The Morgan fingerprint density at radius 1 is 1.00 bits per heavy atom. The van der Waals surface area contributed by atoms with E-state index in [0.29, 0.717) is 12.1 Å². The van der Waals surface area contributed by atoms with Crippen LogP contribution in [-0.4, -0.2) is 13.2 Å². The number of amides is 1. The van der Waals surface area contributed by atoms with E-state index >= 15 is 0 Å². The molecule has 106 valence electrons. The zero-order valence-electron chi connectivity index (χ0n) is 9.32. The van der Waals surface area contributed by atoms with E-state index in [-0.39, 0.29) is 6.07 Å². The summed E-state index contributed by atoms with van der Waals surface area (Å²) in [5, 5.41) is 1.76. The lowest BCUT2D eigenvalue weighted by molar-refractivity contribution is -0.143. The summed E-state index contributed by atoms with van der Waals surface area (Å²) >= 11 is 0. The van der Waals surface area contributed by atoms with Gasteiger partial charge in [0, 0.05) is 5.69 Å². The second kappa shape index (κ2) is 4.98. The Balaban J connectivity index is 3.29. The molecule has 0 aliphatic heterocycles. The standard InChI is InChI=1S/C10H7F6NO2/c1-19-8(18)17-7-3-5(9(11,12)13)2-6(4-7)10(14,15)16/h2-4H,1H3,(H,17,18). The third-order valence-corrected chi connectivity index (χ3v) is 2.02. The van der Waals surface area contributed by atoms with E-state index in [1.54, 1.807) is 5.32 Å². The summed E-state index contributed by atoms with van der Waals surface area (Å²) in [4.78, 5) is 10.8. The molecule has 0 heterocycles. The number of ether oxygens (including phenoxy) is 1. The number of carbonyl (C=O) groups is 1. The van der Waals surface area contributed by atoms with E-state index in [4.69, 9.17) is 0 Å². The van der Waals surface area contributed by atoms with Crippen LogP contribution in [0.3, 0.4) is 0 Å². The van der Waals surface area contributed by atoms with Crippen molar-refractivity contribution in [3.63, 3.8) is 0 Å². The van der Waals surface area contributed by atoms with Gasteiger partial charge in [-0.05, 0) is 18.2 Å². The molecule has 0 saturated heterocycles. The molecular weight excluding hydrogens is 280 g/mol. The maximum absolute atomic E-state index is 12.4. The highest BCUT2D eigenvalue weighted by atomic mass is 19.4. The molecule has 0 unspecified atom stereocenters. The molecule has 0 aliphatic carbocycles. The summed E-state index contributed by atoms with van der Waals surface area (Å²) in [5.41, 5.74) is -3.70. The van der Waals surface area contributed by atoms with Gasteiger partial charge in [0.05, 0.1) is 18.2 Å². The average Bonchev–Trinajstić information content (AvgIpc) is 2.26. The van der Waals surface area contributed by atoms with Gasteiger partial charge < -0.3 is 4.74 Å². The fourth-order valence-corrected chi connectivity index (χ4v) is 1.20. The zero-order chi connectivity index (χ0) is 14.8. The Bertz CT molecular complexity index is 448. The maximum atomic E-state index is 12.4. The normalized spacial score (nSPS) is 12.2. The summed E-state index contributed by atoms with van der Waals surface area (Å²) in [6.07, 6.45) is -11.1. The minimum Gasteiger partial charge on any atom is -0.453 e. The minimum atomic E-state index is -4.96. The average molecular weight is 287 g/mol. The van der Waals surface area contributed by atoms with Crippen LogP contribution in [0.4, 0.5) is 36.8 Å². The third kappa shape index (κ3) is 4.04. The Kier molecular flexibility index (Phi) is 3.97. The highest BCUT2D eigenvalue weighted by Gasteiger charge is 2.37. The van der Waals surface area contributed by atoms with Crippen molar-refractivity contribution in [2.45, 2.75) is 12.4 Å². The number of carbonyl (C=O) groups excluding carboxylic acids is 1. The van der Waals surface area contributed by atoms with Crippen LogP contribution < -0.4 is 5.32 Å². The van der Waals surface area contributed by atoms with E-state index in [2.05, 4.69) is 4.74 Å². The zero-order valence-corrected chi connectivity index (χ0v) is 9.32. The number of hydrogen-bond acceptors (Lipinski definition) is 2. The predicted molar refractivity (Wildman–Crippen MR) is 52.5 cm³/mol. The second-order valence-corrected chi connectivity index (χ2v) is 3.41. The molecule has 19 heavy (non-hydrogen) atoms. The van der Waals surface area contributed by atoms with Crippen molar-refractivity contribution < 1.29 is 35.9 Å². The highest BCUT2D eigenvalue weighted by Crippen LogP contribution is 2.37. The largest absolute Gasteiger partial charge is 0.453 e. The van der Waals surface area contributed by atoms with E-state index in [0.717, 1.165) is 7.11 Å². The molecule has 1 rings (SSSR count). The molecule has 0 aromatic heterocycles. The lowest BCUT2D eigenvalue weighted by atomic mass is 10.1. The number of methoxy groups -OCH3 is 1. The molecular formula is C10H7F6NO2. The Hall–Kier alpha value is -1.93. The maximum Gasteiger partial charge on any atom is 0.416 e. The van der Waals surface area contributed by atoms with Crippen molar-refractivity contribution in [3.05, 3.63) is 29.3 Å². The molecule has 0 fully saturated rings. The fraction of sp³-hybridized carbons (Fsp3) is 0.300. The van der Waals surface area contributed by atoms with Crippen LogP contribution in [0, 0.1) is 0 Å². The van der Waals surface area contributed by atoms with Crippen LogP contribution in [0.1, 0.15) is 11.1 Å². The highest BCUT2D eigenvalue weighted by molar-refractivity contribution is 5.84. The molecule has 1 amide bonds. The molecule has 0 radical (unpaired) electrons. The van der Waals surface area contributed by atoms with Crippen LogP contribution in [0.2, 0.25) is 0 Å². The smallest absolute Gasteiger partial charge is 0.416 e. The van der Waals surface area contributed by atoms with Gasteiger partial charge in [0.15, 0.2) is 0 Å². The number of alkyl halides is 6. The lowest BCUT2D eigenvalue weighted by Gasteiger charge is -2.14. The Morgan fingerprint density at radius 3 is 1.74 bits per heavy atom. The van der Waals surface area contributed by atoms with Gasteiger partial charge in [0.2, 0.25) is 0 Å². The first kappa shape index (κ1) is 15.1. The van der Waals surface area contributed by atoms with E-state index in [9.17, 15) is 31.1 Å². The predicted octanol–water partition coefficient (Wildman–Crippen LogP) is 3.90. The van der Waals surface area contributed by atoms with Gasteiger partial charge in [0.25, 0.3) is 0 Å². The first-order valence-corrected chi connectivity index (χ1v) is 4.68. The van der Waals surface area contributed by atoms with E-state index in [1.165, 1.54) is 0 Å². The Labute approximate surface area is 103 Å². The van der Waals surface area contributed by atoms with Gasteiger partial charge in [-0.3, -0.25) is 5.32 Å². The molecule has 1 N–H and O–H groups in total. The van der Waals surface area contributed by atoms with Crippen LogP contribution in [0.5, 0.6) is 0 Å². The first-order valence-electron chi connectivity index (χ1n) is 4.68. The van der Waals surface area contributed by atoms with Crippen molar-refractivity contribution in [3.8, 4) is 0 Å². The summed E-state index contributed by atoms with van der Waals surface area (Å²) in [5.74, 6) is 0. The van der Waals surface area contributed by atoms with Gasteiger partial charge in [-0.15, -0.1) is 0 Å². The topological polar surface area (TPSA) is 38.3 Å². The molecule has 0 bridgehead atoms. The first-order chi connectivity index (χ1) is 8.54. The van der Waals surface area contributed by atoms with Gasteiger partial charge in [-0.2, -0.15) is 26.3 Å².